The fraction of sp³-hybridized carbons (Fsp3) is 0.167. The molecule has 0 saturated heterocycles. The number of nitrogens with two attached hydrogens (primary N) is 1. The van der Waals surface area contributed by atoms with Crippen LogP contribution in [0.2, 0.25) is 0 Å². The summed E-state index contributed by atoms with van der Waals surface area (Å²) in [6.07, 6.45) is -2.74. The molecule has 0 unspecified atom stereocenters. The van der Waals surface area contributed by atoms with Gasteiger partial charge in [0.25, 0.3) is 6.43 Å². The van der Waals surface area contributed by atoms with Gasteiger partial charge in [0, 0.05) is 0 Å². The minimum atomic E-state index is -3.23. The zero-order valence-electron chi connectivity index (χ0n) is 6.58. The van der Waals surface area contributed by atoms with Gasteiger partial charge in [-0.2, -0.15) is 4.39 Å². The summed E-state index contributed by atoms with van der Waals surface area (Å²) in [5.74, 6) is -1.50. The summed E-state index contributed by atoms with van der Waals surface area (Å²) < 4.78 is 36.9. The maximum absolute atomic E-state index is 12.7. The number of hydrogen-bond donors (Lipinski definition) is 1. The molecule has 1 rings (SSSR count). The lowest BCUT2D eigenvalue weighted by Crippen LogP contribution is -2.05. The summed E-state index contributed by atoms with van der Waals surface area (Å²) in [6, 6.07) is 0. The number of halogens is 3. The first-order valence-electron chi connectivity index (χ1n) is 3.31. The highest BCUT2D eigenvalue weighted by Gasteiger charge is 2.25. The van der Waals surface area contributed by atoms with Gasteiger partial charge in [0.15, 0.2) is 0 Å². The molecule has 1 heterocycles. The third-order valence-corrected chi connectivity index (χ3v) is 1.50. The molecule has 8 heteroatoms. The zero-order chi connectivity index (χ0) is 10.9. The number of nitrogens with zero attached hydrogens (tertiary/aromatic N) is 2. The molecule has 0 bridgehead atoms. The van der Waals surface area contributed by atoms with E-state index in [9.17, 15) is 23.3 Å². The van der Waals surface area contributed by atoms with E-state index < -0.39 is 34.2 Å². The Bertz CT molecular complexity index is 383. The van der Waals surface area contributed by atoms with Crippen LogP contribution in [0, 0.1) is 16.1 Å². The Morgan fingerprint density at radius 2 is 2.14 bits per heavy atom. The highest BCUT2D eigenvalue weighted by Crippen LogP contribution is 2.32. The van der Waals surface area contributed by atoms with Crippen LogP contribution in [0.5, 0.6) is 0 Å². The maximum Gasteiger partial charge on any atom is 0.310 e. The van der Waals surface area contributed by atoms with Crippen LogP contribution >= 0.6 is 0 Å². The highest BCUT2D eigenvalue weighted by atomic mass is 19.3. The van der Waals surface area contributed by atoms with Crippen LogP contribution in [0.4, 0.5) is 24.5 Å². The molecule has 0 aliphatic heterocycles. The van der Waals surface area contributed by atoms with Crippen molar-refractivity contribution in [3.8, 4) is 0 Å². The van der Waals surface area contributed by atoms with Crippen molar-refractivity contribution >= 4 is 11.4 Å². The van der Waals surface area contributed by atoms with E-state index in [1.54, 1.807) is 0 Å². The van der Waals surface area contributed by atoms with E-state index >= 15 is 0 Å². The standard InChI is InChI=1S/C6H4F3N3O2/c7-5(8)3-4(10)2(12(13)14)1-11-6(3)9/h1,5H,(H2,10,11). The predicted octanol–water partition coefficient (Wildman–Crippen LogP) is 1.65. The van der Waals surface area contributed by atoms with E-state index in [4.69, 9.17) is 5.73 Å². The van der Waals surface area contributed by atoms with Gasteiger partial charge in [-0.05, 0) is 0 Å². The lowest BCUT2D eigenvalue weighted by atomic mass is 10.2. The van der Waals surface area contributed by atoms with Gasteiger partial charge in [0.05, 0.1) is 4.92 Å². The average Bonchev–Trinajstić information content (AvgIpc) is 2.02. The van der Waals surface area contributed by atoms with Gasteiger partial charge in [-0.3, -0.25) is 10.1 Å². The molecule has 0 atom stereocenters. The van der Waals surface area contributed by atoms with Crippen molar-refractivity contribution in [3.63, 3.8) is 0 Å². The second-order valence-corrected chi connectivity index (χ2v) is 2.32. The van der Waals surface area contributed by atoms with Crippen LogP contribution in [-0.2, 0) is 0 Å². The number of hydrogen-bond acceptors (Lipinski definition) is 4. The van der Waals surface area contributed by atoms with E-state index in [0.717, 1.165) is 0 Å². The topological polar surface area (TPSA) is 82.0 Å². The molecule has 2 N–H and O–H groups in total. The SMILES string of the molecule is Nc1c([N+](=O)[O-])cnc(F)c1C(F)F. The van der Waals surface area contributed by atoms with Crippen molar-refractivity contribution in [2.45, 2.75) is 6.43 Å². The normalized spacial score (nSPS) is 10.6. The van der Waals surface area contributed by atoms with Crippen LogP contribution in [-0.4, -0.2) is 9.91 Å². The maximum atomic E-state index is 12.7. The minimum Gasteiger partial charge on any atom is -0.393 e. The van der Waals surface area contributed by atoms with Crippen LogP contribution in [0.25, 0.3) is 0 Å². The Morgan fingerprint density at radius 1 is 1.57 bits per heavy atom. The Balaban J connectivity index is 3.41. The van der Waals surface area contributed by atoms with Gasteiger partial charge >= 0.3 is 5.69 Å². The summed E-state index contributed by atoms with van der Waals surface area (Å²) in [6.45, 7) is 0. The van der Waals surface area contributed by atoms with E-state index in [1.165, 1.54) is 0 Å². The van der Waals surface area contributed by atoms with E-state index in [1.807, 2.05) is 0 Å². The van der Waals surface area contributed by atoms with Crippen molar-refractivity contribution < 1.29 is 18.1 Å². The summed E-state index contributed by atoms with van der Waals surface area (Å²) >= 11 is 0. The molecule has 0 amide bonds. The molecule has 0 aliphatic carbocycles. The quantitative estimate of drug-likeness (QED) is 0.454. The minimum absolute atomic E-state index is 0.497. The Morgan fingerprint density at radius 3 is 2.57 bits per heavy atom. The second-order valence-electron chi connectivity index (χ2n) is 2.32. The van der Waals surface area contributed by atoms with Crippen LogP contribution in [0.1, 0.15) is 12.0 Å². The smallest absolute Gasteiger partial charge is 0.310 e. The Kier molecular flexibility index (Phi) is 2.54. The molecule has 5 nitrogen and oxygen atoms in total. The fourth-order valence-corrected chi connectivity index (χ4v) is 0.859. The number of anilines is 1. The Hall–Kier alpha value is -1.86. The number of aromatic nitrogens is 1. The molecule has 0 fully saturated rings. The van der Waals surface area contributed by atoms with Crippen molar-refractivity contribution in [3.05, 3.63) is 27.8 Å². The Labute approximate surface area is 75.5 Å². The van der Waals surface area contributed by atoms with Crippen LogP contribution in [0.15, 0.2) is 6.20 Å². The van der Waals surface area contributed by atoms with Crippen molar-refractivity contribution in [1.82, 2.24) is 4.98 Å². The first kappa shape index (κ1) is 10.2. The van der Waals surface area contributed by atoms with Gasteiger partial charge in [-0.1, -0.05) is 0 Å². The van der Waals surface area contributed by atoms with Crippen molar-refractivity contribution in [2.24, 2.45) is 0 Å². The molecule has 76 valence electrons. The molecule has 1 aromatic rings. The zero-order valence-corrected chi connectivity index (χ0v) is 6.58. The van der Waals surface area contributed by atoms with E-state index in [-0.39, 0.29) is 0 Å². The summed E-state index contributed by atoms with van der Waals surface area (Å²) in [5.41, 5.74) is 2.02. The molecule has 0 aliphatic rings. The summed E-state index contributed by atoms with van der Waals surface area (Å²) in [5, 5.41) is 10.2. The lowest BCUT2D eigenvalue weighted by Gasteiger charge is -2.04. The first-order chi connectivity index (χ1) is 6.45. The molecule has 1 aromatic heterocycles. The highest BCUT2D eigenvalue weighted by molar-refractivity contribution is 5.61. The molecular formula is C6H4F3N3O2. The average molecular weight is 207 g/mol. The monoisotopic (exact) mass is 207 g/mol. The summed E-state index contributed by atoms with van der Waals surface area (Å²) in [4.78, 5) is 12.0. The molecule has 14 heavy (non-hydrogen) atoms. The van der Waals surface area contributed by atoms with Crippen molar-refractivity contribution in [1.29, 1.82) is 0 Å². The van der Waals surface area contributed by atoms with E-state index in [0.29, 0.717) is 6.20 Å². The number of alkyl halides is 2. The van der Waals surface area contributed by atoms with Crippen molar-refractivity contribution in [2.75, 3.05) is 5.73 Å². The molecular weight excluding hydrogens is 203 g/mol. The number of rotatable bonds is 2. The van der Waals surface area contributed by atoms with Gasteiger partial charge < -0.3 is 5.73 Å². The second kappa shape index (κ2) is 3.48. The van der Waals surface area contributed by atoms with Gasteiger partial charge in [-0.25, -0.2) is 13.8 Å². The van der Waals surface area contributed by atoms with Gasteiger partial charge in [0.1, 0.15) is 17.4 Å². The fourth-order valence-electron chi connectivity index (χ4n) is 0.859. The third kappa shape index (κ3) is 1.58. The predicted molar refractivity (Wildman–Crippen MR) is 40.2 cm³/mol. The largest absolute Gasteiger partial charge is 0.393 e. The van der Waals surface area contributed by atoms with E-state index in [2.05, 4.69) is 4.98 Å². The molecule has 0 saturated carbocycles. The first-order valence-corrected chi connectivity index (χ1v) is 3.31. The number of nitrogen functional groups attached to an aromatic ring is 1. The third-order valence-electron chi connectivity index (χ3n) is 1.50. The summed E-state index contributed by atoms with van der Waals surface area (Å²) in [7, 11) is 0. The number of pyridine rings is 1. The lowest BCUT2D eigenvalue weighted by molar-refractivity contribution is -0.384. The van der Waals surface area contributed by atoms with Gasteiger partial charge in [-0.15, -0.1) is 0 Å². The van der Waals surface area contributed by atoms with Crippen LogP contribution < -0.4 is 5.73 Å². The van der Waals surface area contributed by atoms with Gasteiger partial charge in [0.2, 0.25) is 5.95 Å². The van der Waals surface area contributed by atoms with Crippen LogP contribution in [0.3, 0.4) is 0 Å². The number of nitro groups is 1. The molecule has 0 spiro atoms. The molecule has 0 radical (unpaired) electrons. The molecule has 0 aromatic carbocycles.